The summed E-state index contributed by atoms with van der Waals surface area (Å²) in [5, 5.41) is 6.36. The van der Waals surface area contributed by atoms with Gasteiger partial charge in [-0.2, -0.15) is 0 Å². The molecule has 1 aliphatic rings. The van der Waals surface area contributed by atoms with Gasteiger partial charge in [-0.3, -0.25) is 4.79 Å². The van der Waals surface area contributed by atoms with Crippen molar-refractivity contribution in [3.05, 3.63) is 54.6 Å². The zero-order chi connectivity index (χ0) is 14.5. The fourth-order valence-electron chi connectivity index (χ4n) is 2.76. The van der Waals surface area contributed by atoms with Gasteiger partial charge >= 0.3 is 0 Å². The number of carbonyl (C=O) groups is 1. The molecule has 1 atom stereocenters. The van der Waals surface area contributed by atoms with Crippen LogP contribution in [0.4, 0.5) is 5.69 Å². The van der Waals surface area contributed by atoms with Crippen molar-refractivity contribution < 1.29 is 4.79 Å². The average molecular weight is 280 g/mol. The number of benzene rings is 2. The summed E-state index contributed by atoms with van der Waals surface area (Å²) in [5.74, 6) is 0.0677. The molecular formula is C18H20N2O. The highest BCUT2D eigenvalue weighted by molar-refractivity contribution is 5.98. The lowest BCUT2D eigenvalue weighted by atomic mass is 10.0. The van der Waals surface area contributed by atoms with Gasteiger partial charge in [0, 0.05) is 11.3 Å². The molecule has 3 nitrogen and oxygen atoms in total. The fraction of sp³-hybridized carbons (Fsp3) is 0.278. The lowest BCUT2D eigenvalue weighted by molar-refractivity contribution is -0.118. The summed E-state index contributed by atoms with van der Waals surface area (Å²) in [4.78, 5) is 12.4. The topological polar surface area (TPSA) is 41.1 Å². The summed E-state index contributed by atoms with van der Waals surface area (Å²) in [5.41, 5.74) is 3.05. The van der Waals surface area contributed by atoms with E-state index in [1.807, 2.05) is 42.5 Å². The van der Waals surface area contributed by atoms with Crippen molar-refractivity contribution >= 4 is 11.6 Å². The Hall–Kier alpha value is -2.13. The minimum Gasteiger partial charge on any atom is -0.324 e. The molecule has 0 bridgehead atoms. The second kappa shape index (κ2) is 6.55. The summed E-state index contributed by atoms with van der Waals surface area (Å²) in [6.07, 6.45) is 3.19. The maximum atomic E-state index is 12.4. The van der Waals surface area contributed by atoms with Crippen LogP contribution in [0.15, 0.2) is 54.6 Å². The van der Waals surface area contributed by atoms with E-state index in [-0.39, 0.29) is 11.9 Å². The Morgan fingerprint density at radius 1 is 1.00 bits per heavy atom. The lowest BCUT2D eigenvalue weighted by Crippen LogP contribution is -2.43. The van der Waals surface area contributed by atoms with E-state index in [9.17, 15) is 4.79 Å². The van der Waals surface area contributed by atoms with Crippen molar-refractivity contribution in [3.63, 3.8) is 0 Å². The molecule has 2 aromatic carbocycles. The van der Waals surface area contributed by atoms with E-state index in [0.717, 1.165) is 42.6 Å². The number of para-hydroxylation sites is 1. The molecule has 0 saturated carbocycles. The Balaban J connectivity index is 1.81. The van der Waals surface area contributed by atoms with Gasteiger partial charge in [0.1, 0.15) is 0 Å². The first kappa shape index (κ1) is 13.8. The summed E-state index contributed by atoms with van der Waals surface area (Å²) in [6.45, 7) is 0.929. The largest absolute Gasteiger partial charge is 0.324 e. The van der Waals surface area contributed by atoms with E-state index in [4.69, 9.17) is 0 Å². The number of nitrogens with one attached hydrogen (secondary N) is 2. The van der Waals surface area contributed by atoms with E-state index < -0.39 is 0 Å². The van der Waals surface area contributed by atoms with Gasteiger partial charge in [0.05, 0.1) is 6.04 Å². The monoisotopic (exact) mass is 280 g/mol. The number of hydrogen-bond acceptors (Lipinski definition) is 2. The first-order valence-corrected chi connectivity index (χ1v) is 7.53. The number of amides is 1. The van der Waals surface area contributed by atoms with Crippen LogP contribution in [-0.4, -0.2) is 18.5 Å². The van der Waals surface area contributed by atoms with Crippen LogP contribution in [0.5, 0.6) is 0 Å². The van der Waals surface area contributed by atoms with Crippen molar-refractivity contribution in [1.82, 2.24) is 5.32 Å². The molecule has 1 aliphatic heterocycles. The van der Waals surface area contributed by atoms with Crippen LogP contribution in [0.25, 0.3) is 11.1 Å². The second-order valence-electron chi connectivity index (χ2n) is 5.40. The maximum Gasteiger partial charge on any atom is 0.241 e. The molecule has 1 fully saturated rings. The van der Waals surface area contributed by atoms with Gasteiger partial charge in [0.25, 0.3) is 0 Å². The van der Waals surface area contributed by atoms with Gasteiger partial charge in [0.15, 0.2) is 0 Å². The van der Waals surface area contributed by atoms with Gasteiger partial charge in [-0.1, -0.05) is 55.0 Å². The predicted octanol–water partition coefficient (Wildman–Crippen LogP) is 3.43. The molecule has 2 aromatic rings. The van der Waals surface area contributed by atoms with Crippen LogP contribution in [0, 0.1) is 0 Å². The van der Waals surface area contributed by atoms with Gasteiger partial charge in [0.2, 0.25) is 5.91 Å². The van der Waals surface area contributed by atoms with Gasteiger partial charge in [-0.05, 0) is 31.0 Å². The third kappa shape index (κ3) is 3.31. The molecular weight excluding hydrogens is 260 g/mol. The second-order valence-corrected chi connectivity index (χ2v) is 5.40. The highest BCUT2D eigenvalue weighted by Crippen LogP contribution is 2.27. The molecule has 108 valence electrons. The van der Waals surface area contributed by atoms with Crippen LogP contribution < -0.4 is 10.6 Å². The molecule has 0 aliphatic carbocycles. The van der Waals surface area contributed by atoms with Crippen molar-refractivity contribution in [1.29, 1.82) is 0 Å². The van der Waals surface area contributed by atoms with Crippen molar-refractivity contribution in [2.45, 2.75) is 25.3 Å². The Kier molecular flexibility index (Phi) is 4.31. The Morgan fingerprint density at radius 2 is 1.76 bits per heavy atom. The summed E-state index contributed by atoms with van der Waals surface area (Å²) in [7, 11) is 0. The van der Waals surface area contributed by atoms with Crippen molar-refractivity contribution in [2.75, 3.05) is 11.9 Å². The average Bonchev–Trinajstić information content (AvgIpc) is 2.57. The molecule has 21 heavy (non-hydrogen) atoms. The molecule has 3 rings (SSSR count). The molecule has 1 unspecified atom stereocenters. The van der Waals surface area contributed by atoms with Crippen LogP contribution in [0.2, 0.25) is 0 Å². The predicted molar refractivity (Wildman–Crippen MR) is 86.1 cm³/mol. The summed E-state index contributed by atoms with van der Waals surface area (Å²) >= 11 is 0. The zero-order valence-corrected chi connectivity index (χ0v) is 12.0. The molecule has 1 saturated heterocycles. The minimum absolute atomic E-state index is 0.0671. The smallest absolute Gasteiger partial charge is 0.241 e. The molecule has 2 N–H and O–H groups in total. The third-order valence-corrected chi connectivity index (χ3v) is 3.90. The van der Waals surface area contributed by atoms with Gasteiger partial charge < -0.3 is 10.6 Å². The molecule has 0 spiro atoms. The molecule has 0 aromatic heterocycles. The lowest BCUT2D eigenvalue weighted by Gasteiger charge is -2.23. The van der Waals surface area contributed by atoms with Gasteiger partial charge in [-0.15, -0.1) is 0 Å². The SMILES string of the molecule is O=C(Nc1ccccc1-c1ccccc1)C1CCCCN1. The molecule has 1 heterocycles. The number of rotatable bonds is 3. The number of hydrogen-bond donors (Lipinski definition) is 2. The summed E-state index contributed by atoms with van der Waals surface area (Å²) in [6, 6.07) is 18.0. The summed E-state index contributed by atoms with van der Waals surface area (Å²) < 4.78 is 0. The minimum atomic E-state index is -0.0671. The Bertz CT molecular complexity index is 604. The van der Waals surface area contributed by atoms with E-state index >= 15 is 0 Å². The first-order chi connectivity index (χ1) is 10.3. The first-order valence-electron chi connectivity index (χ1n) is 7.53. The van der Waals surface area contributed by atoms with Gasteiger partial charge in [-0.25, -0.2) is 0 Å². The molecule has 1 amide bonds. The number of anilines is 1. The quantitative estimate of drug-likeness (QED) is 0.904. The standard InChI is InChI=1S/C18H20N2O/c21-18(17-12-6-7-13-19-17)20-16-11-5-4-10-15(16)14-8-2-1-3-9-14/h1-5,8-11,17,19H,6-7,12-13H2,(H,20,21). The van der Waals surface area contributed by atoms with Crippen LogP contribution in [0.3, 0.4) is 0 Å². The number of piperidine rings is 1. The van der Waals surface area contributed by atoms with Crippen molar-refractivity contribution in [3.8, 4) is 11.1 Å². The maximum absolute atomic E-state index is 12.4. The molecule has 3 heteroatoms. The van der Waals surface area contributed by atoms with Crippen molar-refractivity contribution in [2.24, 2.45) is 0 Å². The normalized spacial score (nSPS) is 18.2. The van der Waals surface area contributed by atoms with Crippen LogP contribution in [0.1, 0.15) is 19.3 Å². The highest BCUT2D eigenvalue weighted by Gasteiger charge is 2.21. The third-order valence-electron chi connectivity index (χ3n) is 3.90. The zero-order valence-electron chi connectivity index (χ0n) is 12.0. The van der Waals surface area contributed by atoms with E-state index in [2.05, 4.69) is 22.8 Å². The Labute approximate surface area is 125 Å². The van der Waals surface area contributed by atoms with Crippen LogP contribution >= 0.6 is 0 Å². The highest BCUT2D eigenvalue weighted by atomic mass is 16.2. The van der Waals surface area contributed by atoms with Crippen LogP contribution in [-0.2, 0) is 4.79 Å². The Morgan fingerprint density at radius 3 is 2.52 bits per heavy atom. The van der Waals surface area contributed by atoms with E-state index in [1.54, 1.807) is 0 Å². The van der Waals surface area contributed by atoms with E-state index in [1.165, 1.54) is 0 Å². The fourth-order valence-corrected chi connectivity index (χ4v) is 2.76. The van der Waals surface area contributed by atoms with E-state index in [0.29, 0.717) is 0 Å². The number of carbonyl (C=O) groups excluding carboxylic acids is 1. The molecule has 0 radical (unpaired) electrons.